The molecule has 0 radical (unpaired) electrons. The summed E-state index contributed by atoms with van der Waals surface area (Å²) in [7, 11) is 0. The van der Waals surface area contributed by atoms with Crippen molar-refractivity contribution < 1.29 is 9.59 Å². The van der Waals surface area contributed by atoms with Crippen molar-refractivity contribution in [3.63, 3.8) is 0 Å². The van der Waals surface area contributed by atoms with Crippen molar-refractivity contribution in [2.75, 3.05) is 18.1 Å². The number of nitrogens with zero attached hydrogens (tertiary/aromatic N) is 1. The SMILES string of the molecule is CSc1cccc(NC(=O)c2ccc(CN3CCCC3=O)cc2)c1. The summed E-state index contributed by atoms with van der Waals surface area (Å²) >= 11 is 1.64. The number of carbonyl (C=O) groups is 2. The highest BCUT2D eigenvalue weighted by Crippen LogP contribution is 2.20. The first-order chi connectivity index (χ1) is 11.7. The lowest BCUT2D eigenvalue weighted by molar-refractivity contribution is -0.128. The van der Waals surface area contributed by atoms with Gasteiger partial charge in [0.25, 0.3) is 5.91 Å². The summed E-state index contributed by atoms with van der Waals surface area (Å²) in [6.07, 6.45) is 3.59. The van der Waals surface area contributed by atoms with Crippen molar-refractivity contribution in [1.29, 1.82) is 0 Å². The second-order valence-corrected chi connectivity index (χ2v) is 6.68. The van der Waals surface area contributed by atoms with Crippen molar-refractivity contribution in [1.82, 2.24) is 4.90 Å². The number of likely N-dealkylation sites (tertiary alicyclic amines) is 1. The van der Waals surface area contributed by atoms with Crippen LogP contribution in [0.3, 0.4) is 0 Å². The smallest absolute Gasteiger partial charge is 0.255 e. The molecule has 0 spiro atoms. The van der Waals surface area contributed by atoms with Crippen LogP contribution in [-0.4, -0.2) is 29.5 Å². The third-order valence-electron chi connectivity index (χ3n) is 4.09. The Morgan fingerprint density at radius 3 is 2.67 bits per heavy atom. The van der Waals surface area contributed by atoms with E-state index in [0.717, 1.165) is 29.1 Å². The normalized spacial score (nSPS) is 14.0. The number of nitrogens with one attached hydrogen (secondary N) is 1. The third-order valence-corrected chi connectivity index (χ3v) is 4.81. The fraction of sp³-hybridized carbons (Fsp3) is 0.263. The average Bonchev–Trinajstić information content (AvgIpc) is 3.00. The molecule has 0 aromatic heterocycles. The van der Waals surface area contributed by atoms with Gasteiger partial charge in [-0.15, -0.1) is 11.8 Å². The van der Waals surface area contributed by atoms with Crippen LogP contribution in [0.1, 0.15) is 28.8 Å². The highest BCUT2D eigenvalue weighted by Gasteiger charge is 2.19. The van der Waals surface area contributed by atoms with Crippen LogP contribution in [0.25, 0.3) is 0 Å². The molecule has 0 bridgehead atoms. The van der Waals surface area contributed by atoms with Crippen LogP contribution in [0, 0.1) is 0 Å². The van der Waals surface area contributed by atoms with Crippen molar-refractivity contribution in [3.05, 3.63) is 59.7 Å². The zero-order valence-electron chi connectivity index (χ0n) is 13.6. The van der Waals surface area contributed by atoms with Crippen LogP contribution in [0.15, 0.2) is 53.4 Å². The Kier molecular flexibility index (Phi) is 5.20. The molecule has 2 amide bonds. The molecule has 1 heterocycles. The van der Waals surface area contributed by atoms with E-state index in [9.17, 15) is 9.59 Å². The van der Waals surface area contributed by atoms with Gasteiger partial charge in [-0.1, -0.05) is 18.2 Å². The number of rotatable bonds is 5. The first-order valence-corrected chi connectivity index (χ1v) is 9.20. The number of thioether (sulfide) groups is 1. The minimum Gasteiger partial charge on any atom is -0.338 e. The first-order valence-electron chi connectivity index (χ1n) is 7.98. The molecule has 1 aliphatic heterocycles. The summed E-state index contributed by atoms with van der Waals surface area (Å²) in [5.41, 5.74) is 2.45. The number of hydrogen-bond donors (Lipinski definition) is 1. The van der Waals surface area contributed by atoms with E-state index in [4.69, 9.17) is 0 Å². The number of anilines is 1. The summed E-state index contributed by atoms with van der Waals surface area (Å²) in [6.45, 7) is 1.45. The van der Waals surface area contributed by atoms with Gasteiger partial charge >= 0.3 is 0 Å². The number of hydrogen-bond acceptors (Lipinski definition) is 3. The summed E-state index contributed by atoms with van der Waals surface area (Å²) in [6, 6.07) is 15.2. The highest BCUT2D eigenvalue weighted by molar-refractivity contribution is 7.98. The van der Waals surface area contributed by atoms with Gasteiger partial charge in [-0.25, -0.2) is 0 Å². The second kappa shape index (κ2) is 7.53. The highest BCUT2D eigenvalue weighted by atomic mass is 32.2. The van der Waals surface area contributed by atoms with E-state index in [1.165, 1.54) is 0 Å². The number of benzene rings is 2. The molecule has 1 saturated heterocycles. The average molecular weight is 340 g/mol. The number of amides is 2. The van der Waals surface area contributed by atoms with Gasteiger partial charge in [0.2, 0.25) is 5.91 Å². The zero-order valence-corrected chi connectivity index (χ0v) is 14.4. The predicted molar refractivity (Wildman–Crippen MR) is 97.3 cm³/mol. The topological polar surface area (TPSA) is 49.4 Å². The molecular formula is C19H20N2O2S. The summed E-state index contributed by atoms with van der Waals surface area (Å²) in [4.78, 5) is 27.0. The van der Waals surface area contributed by atoms with E-state index in [2.05, 4.69) is 5.32 Å². The van der Waals surface area contributed by atoms with Gasteiger partial charge in [0.15, 0.2) is 0 Å². The maximum Gasteiger partial charge on any atom is 0.255 e. The van der Waals surface area contributed by atoms with Crippen LogP contribution < -0.4 is 5.32 Å². The molecule has 2 aromatic carbocycles. The molecule has 4 nitrogen and oxygen atoms in total. The second-order valence-electron chi connectivity index (χ2n) is 5.80. The Balaban J connectivity index is 1.64. The molecule has 124 valence electrons. The first kappa shape index (κ1) is 16.6. The van der Waals surface area contributed by atoms with Crippen LogP contribution in [0.5, 0.6) is 0 Å². The number of carbonyl (C=O) groups excluding carboxylic acids is 2. The molecule has 5 heteroatoms. The molecule has 0 atom stereocenters. The van der Waals surface area contributed by atoms with Gasteiger partial charge in [0.05, 0.1) is 0 Å². The maximum absolute atomic E-state index is 12.3. The Morgan fingerprint density at radius 1 is 1.21 bits per heavy atom. The van der Waals surface area contributed by atoms with E-state index in [0.29, 0.717) is 18.5 Å². The van der Waals surface area contributed by atoms with Crippen LogP contribution in [0.4, 0.5) is 5.69 Å². The fourth-order valence-electron chi connectivity index (χ4n) is 2.76. The Morgan fingerprint density at radius 2 is 2.00 bits per heavy atom. The minimum atomic E-state index is -0.128. The third kappa shape index (κ3) is 3.97. The van der Waals surface area contributed by atoms with Crippen LogP contribution in [0.2, 0.25) is 0 Å². The zero-order chi connectivity index (χ0) is 16.9. The lowest BCUT2D eigenvalue weighted by atomic mass is 10.1. The Labute approximate surface area is 146 Å². The molecule has 0 saturated carbocycles. The molecule has 3 rings (SSSR count). The van der Waals surface area contributed by atoms with E-state index in [1.807, 2.05) is 59.7 Å². The quantitative estimate of drug-likeness (QED) is 0.843. The van der Waals surface area contributed by atoms with Gasteiger partial charge < -0.3 is 10.2 Å². The van der Waals surface area contributed by atoms with Gasteiger partial charge in [-0.05, 0) is 48.6 Å². The summed E-state index contributed by atoms with van der Waals surface area (Å²) in [5.74, 6) is 0.0857. The Hall–Kier alpha value is -2.27. The van der Waals surface area contributed by atoms with Gasteiger partial charge in [0.1, 0.15) is 0 Å². The van der Waals surface area contributed by atoms with Crippen molar-refractivity contribution in [3.8, 4) is 0 Å². The lowest BCUT2D eigenvalue weighted by Gasteiger charge is -2.15. The van der Waals surface area contributed by atoms with E-state index in [-0.39, 0.29) is 11.8 Å². The monoisotopic (exact) mass is 340 g/mol. The van der Waals surface area contributed by atoms with Crippen LogP contribution in [-0.2, 0) is 11.3 Å². The fourth-order valence-corrected chi connectivity index (χ4v) is 3.22. The van der Waals surface area contributed by atoms with E-state index >= 15 is 0 Å². The standard InChI is InChI=1S/C19H20N2O2S/c1-24-17-5-2-4-16(12-17)20-19(23)15-9-7-14(8-10-15)13-21-11-3-6-18(21)22/h2,4-5,7-10,12H,3,6,11,13H2,1H3,(H,20,23). The lowest BCUT2D eigenvalue weighted by Crippen LogP contribution is -2.23. The van der Waals surface area contributed by atoms with Crippen molar-refractivity contribution in [2.24, 2.45) is 0 Å². The van der Waals surface area contributed by atoms with E-state index in [1.54, 1.807) is 11.8 Å². The van der Waals surface area contributed by atoms with Crippen LogP contribution >= 0.6 is 11.8 Å². The molecule has 0 unspecified atom stereocenters. The van der Waals surface area contributed by atoms with E-state index < -0.39 is 0 Å². The molecule has 0 aliphatic carbocycles. The summed E-state index contributed by atoms with van der Waals surface area (Å²) < 4.78 is 0. The van der Waals surface area contributed by atoms with Gasteiger partial charge in [0, 0.05) is 35.7 Å². The largest absolute Gasteiger partial charge is 0.338 e. The van der Waals surface area contributed by atoms with Gasteiger partial charge in [-0.3, -0.25) is 9.59 Å². The molecule has 1 aliphatic rings. The Bertz CT molecular complexity index is 743. The molecule has 1 N–H and O–H groups in total. The summed E-state index contributed by atoms with van der Waals surface area (Å²) in [5, 5.41) is 2.92. The van der Waals surface area contributed by atoms with Crippen molar-refractivity contribution >= 4 is 29.3 Å². The molecular weight excluding hydrogens is 320 g/mol. The predicted octanol–water partition coefficient (Wildman–Crippen LogP) is 3.78. The van der Waals surface area contributed by atoms with Crippen molar-refractivity contribution in [2.45, 2.75) is 24.3 Å². The molecule has 2 aromatic rings. The van der Waals surface area contributed by atoms with Gasteiger partial charge in [-0.2, -0.15) is 0 Å². The molecule has 1 fully saturated rings. The molecule has 24 heavy (non-hydrogen) atoms. The maximum atomic E-state index is 12.3. The minimum absolute atomic E-state index is 0.128.